The molecular formula is C18H18ClN3O6. The van der Waals surface area contributed by atoms with Crippen LogP contribution in [-0.2, 0) is 9.53 Å². The summed E-state index contributed by atoms with van der Waals surface area (Å²) in [6, 6.07) is 3.58. The Morgan fingerprint density at radius 2 is 1.93 bits per heavy atom. The lowest BCUT2D eigenvalue weighted by atomic mass is 10.1. The van der Waals surface area contributed by atoms with Crippen molar-refractivity contribution in [1.29, 1.82) is 0 Å². The van der Waals surface area contributed by atoms with E-state index < -0.39 is 22.9 Å². The maximum atomic E-state index is 12.4. The summed E-state index contributed by atoms with van der Waals surface area (Å²) in [7, 11) is 0. The van der Waals surface area contributed by atoms with E-state index in [9.17, 15) is 24.5 Å². The molecule has 0 aliphatic rings. The molecule has 0 bridgehead atoms. The van der Waals surface area contributed by atoms with E-state index in [1.54, 1.807) is 13.8 Å². The van der Waals surface area contributed by atoms with Crippen LogP contribution in [-0.4, -0.2) is 33.7 Å². The van der Waals surface area contributed by atoms with Crippen LogP contribution in [0.1, 0.15) is 46.0 Å². The SMILES string of the molecule is CC(=O)c1c(C)[nH]c(C(=O)OC(C)C(=O)Nc2cc([N+](=O)[O-])ccc2Cl)c1C. The number of esters is 1. The van der Waals surface area contributed by atoms with Crippen LogP contribution < -0.4 is 5.32 Å². The van der Waals surface area contributed by atoms with Crippen molar-refractivity contribution in [2.24, 2.45) is 0 Å². The summed E-state index contributed by atoms with van der Waals surface area (Å²) in [5, 5.41) is 13.3. The number of carbonyl (C=O) groups is 3. The van der Waals surface area contributed by atoms with Gasteiger partial charge < -0.3 is 15.0 Å². The summed E-state index contributed by atoms with van der Waals surface area (Å²) in [5.74, 6) is -1.72. The van der Waals surface area contributed by atoms with E-state index in [1.165, 1.54) is 26.0 Å². The molecule has 28 heavy (non-hydrogen) atoms. The van der Waals surface area contributed by atoms with Crippen LogP contribution >= 0.6 is 11.6 Å². The second-order valence-corrected chi connectivity index (χ2v) is 6.55. The first kappa shape index (κ1) is 21.1. The fourth-order valence-electron chi connectivity index (χ4n) is 2.71. The van der Waals surface area contributed by atoms with Gasteiger partial charge in [-0.1, -0.05) is 11.6 Å². The number of nitro groups is 1. The van der Waals surface area contributed by atoms with E-state index in [2.05, 4.69) is 10.3 Å². The van der Waals surface area contributed by atoms with Crippen molar-refractivity contribution in [3.05, 3.63) is 55.9 Å². The number of benzene rings is 1. The number of hydrogen-bond acceptors (Lipinski definition) is 6. The van der Waals surface area contributed by atoms with Gasteiger partial charge in [-0.15, -0.1) is 0 Å². The van der Waals surface area contributed by atoms with Crippen molar-refractivity contribution in [2.75, 3.05) is 5.32 Å². The minimum Gasteiger partial charge on any atom is -0.448 e. The number of anilines is 1. The highest BCUT2D eigenvalue weighted by atomic mass is 35.5. The molecule has 0 fully saturated rings. The van der Waals surface area contributed by atoms with Gasteiger partial charge >= 0.3 is 5.97 Å². The average Bonchev–Trinajstić information content (AvgIpc) is 2.90. The Labute approximate surface area is 165 Å². The second-order valence-electron chi connectivity index (χ2n) is 6.14. The molecule has 0 saturated carbocycles. The third-order valence-corrected chi connectivity index (χ3v) is 4.39. The number of nitrogens with one attached hydrogen (secondary N) is 2. The fraction of sp³-hybridized carbons (Fsp3) is 0.278. The Morgan fingerprint density at radius 3 is 2.46 bits per heavy atom. The third-order valence-electron chi connectivity index (χ3n) is 4.07. The van der Waals surface area contributed by atoms with E-state index in [0.29, 0.717) is 16.8 Å². The number of hydrogen-bond donors (Lipinski definition) is 2. The molecule has 0 aliphatic carbocycles. The molecule has 1 heterocycles. The van der Waals surface area contributed by atoms with Crippen molar-refractivity contribution < 1.29 is 24.0 Å². The van der Waals surface area contributed by atoms with Crippen LogP contribution in [0.25, 0.3) is 0 Å². The number of aromatic amines is 1. The van der Waals surface area contributed by atoms with E-state index in [-0.39, 0.29) is 27.9 Å². The molecule has 0 spiro atoms. The highest BCUT2D eigenvalue weighted by Crippen LogP contribution is 2.27. The third kappa shape index (κ3) is 4.37. The molecule has 1 aromatic heterocycles. The van der Waals surface area contributed by atoms with Crippen molar-refractivity contribution in [3.8, 4) is 0 Å². The highest BCUT2D eigenvalue weighted by molar-refractivity contribution is 6.33. The number of non-ortho nitro benzene ring substituents is 1. The normalized spacial score (nSPS) is 11.6. The van der Waals surface area contributed by atoms with Gasteiger partial charge in [0, 0.05) is 23.4 Å². The van der Waals surface area contributed by atoms with Crippen LogP contribution in [0.3, 0.4) is 0 Å². The molecular weight excluding hydrogens is 390 g/mol. The number of H-pyrrole nitrogens is 1. The number of ketones is 1. The minimum atomic E-state index is -1.22. The number of Topliss-reactive ketones (excluding diaryl/α,β-unsaturated/α-hetero) is 1. The van der Waals surface area contributed by atoms with Crippen LogP contribution in [0.5, 0.6) is 0 Å². The molecule has 2 rings (SSSR count). The lowest BCUT2D eigenvalue weighted by Gasteiger charge is -2.14. The molecule has 1 atom stereocenters. The van der Waals surface area contributed by atoms with Crippen molar-refractivity contribution in [2.45, 2.75) is 33.8 Å². The van der Waals surface area contributed by atoms with Gasteiger partial charge in [-0.2, -0.15) is 0 Å². The summed E-state index contributed by atoms with van der Waals surface area (Å²) in [6.07, 6.45) is -1.22. The Hall–Kier alpha value is -3.20. The van der Waals surface area contributed by atoms with Gasteiger partial charge in [0.2, 0.25) is 0 Å². The number of amides is 1. The quantitative estimate of drug-likeness (QED) is 0.325. The van der Waals surface area contributed by atoms with Crippen LogP contribution in [0.2, 0.25) is 5.02 Å². The van der Waals surface area contributed by atoms with Gasteiger partial charge in [0.15, 0.2) is 11.9 Å². The zero-order valence-corrected chi connectivity index (χ0v) is 16.3. The van der Waals surface area contributed by atoms with Gasteiger partial charge in [-0.05, 0) is 39.3 Å². The van der Waals surface area contributed by atoms with Crippen molar-refractivity contribution in [3.63, 3.8) is 0 Å². The molecule has 0 aliphatic heterocycles. The number of rotatable bonds is 6. The Morgan fingerprint density at radius 1 is 1.29 bits per heavy atom. The first-order valence-electron chi connectivity index (χ1n) is 8.18. The largest absolute Gasteiger partial charge is 0.448 e. The van der Waals surface area contributed by atoms with E-state index in [4.69, 9.17) is 16.3 Å². The van der Waals surface area contributed by atoms with E-state index in [0.717, 1.165) is 6.07 Å². The first-order chi connectivity index (χ1) is 13.0. The molecule has 148 valence electrons. The van der Waals surface area contributed by atoms with Crippen molar-refractivity contribution >= 4 is 40.6 Å². The number of halogens is 1. The molecule has 1 aromatic carbocycles. The summed E-state index contributed by atoms with van der Waals surface area (Å²) in [6.45, 7) is 5.98. The number of ether oxygens (including phenoxy) is 1. The van der Waals surface area contributed by atoms with Crippen LogP contribution in [0.4, 0.5) is 11.4 Å². The zero-order chi connectivity index (χ0) is 21.2. The van der Waals surface area contributed by atoms with Gasteiger partial charge in [-0.25, -0.2) is 4.79 Å². The molecule has 2 N–H and O–H groups in total. The number of aryl methyl sites for hydroxylation is 1. The minimum absolute atomic E-state index is 0.0227. The Bertz CT molecular complexity index is 982. The fourth-order valence-corrected chi connectivity index (χ4v) is 2.88. The van der Waals surface area contributed by atoms with Gasteiger partial charge in [0.25, 0.3) is 11.6 Å². The van der Waals surface area contributed by atoms with Gasteiger partial charge in [0.1, 0.15) is 5.69 Å². The summed E-state index contributed by atoms with van der Waals surface area (Å²) in [4.78, 5) is 49.4. The molecule has 1 unspecified atom stereocenters. The van der Waals surface area contributed by atoms with Gasteiger partial charge in [-0.3, -0.25) is 19.7 Å². The predicted molar refractivity (Wildman–Crippen MR) is 102 cm³/mol. The molecule has 2 aromatic rings. The maximum absolute atomic E-state index is 12.4. The van der Waals surface area contributed by atoms with Gasteiger partial charge in [0.05, 0.1) is 15.6 Å². The lowest BCUT2D eigenvalue weighted by molar-refractivity contribution is -0.384. The average molecular weight is 408 g/mol. The zero-order valence-electron chi connectivity index (χ0n) is 15.6. The molecule has 9 nitrogen and oxygen atoms in total. The number of carbonyl (C=O) groups excluding carboxylic acids is 3. The van der Waals surface area contributed by atoms with Crippen molar-refractivity contribution in [1.82, 2.24) is 4.98 Å². The smallest absolute Gasteiger partial charge is 0.355 e. The number of nitro benzene ring substituents is 1. The van der Waals surface area contributed by atoms with Crippen LogP contribution in [0, 0.1) is 24.0 Å². The molecule has 0 saturated heterocycles. The molecule has 0 radical (unpaired) electrons. The van der Waals surface area contributed by atoms with E-state index in [1.807, 2.05) is 0 Å². The number of nitrogens with zero attached hydrogens (tertiary/aromatic N) is 1. The van der Waals surface area contributed by atoms with Crippen LogP contribution in [0.15, 0.2) is 18.2 Å². The van der Waals surface area contributed by atoms with E-state index >= 15 is 0 Å². The Balaban J connectivity index is 2.14. The standard InChI is InChI=1S/C18H18ClN3O6/c1-8-15(10(3)23)9(2)20-16(8)18(25)28-11(4)17(24)21-14-7-12(22(26)27)5-6-13(14)19/h5-7,11,20H,1-4H3,(H,21,24). The monoisotopic (exact) mass is 407 g/mol. The molecule has 1 amide bonds. The molecule has 10 heteroatoms. The summed E-state index contributed by atoms with van der Waals surface area (Å²) in [5.41, 5.74) is 1.21. The Kier molecular flexibility index (Phi) is 6.19. The first-order valence-corrected chi connectivity index (χ1v) is 8.56. The predicted octanol–water partition coefficient (Wildman–Crippen LogP) is 3.58. The maximum Gasteiger partial charge on any atom is 0.355 e. The summed E-state index contributed by atoms with van der Waals surface area (Å²) < 4.78 is 5.15. The lowest BCUT2D eigenvalue weighted by Crippen LogP contribution is -2.30. The topological polar surface area (TPSA) is 131 Å². The second kappa shape index (κ2) is 8.22. The summed E-state index contributed by atoms with van der Waals surface area (Å²) >= 11 is 5.94. The number of aromatic nitrogens is 1. The highest BCUT2D eigenvalue weighted by Gasteiger charge is 2.25.